The van der Waals surface area contributed by atoms with Crippen LogP contribution in [0.4, 0.5) is 0 Å². The first kappa shape index (κ1) is 11.8. The molecule has 0 amide bonds. The van der Waals surface area contributed by atoms with E-state index in [0.29, 0.717) is 6.04 Å². The van der Waals surface area contributed by atoms with Gasteiger partial charge in [-0.05, 0) is 17.7 Å². The van der Waals surface area contributed by atoms with Gasteiger partial charge in [-0.2, -0.15) is 5.10 Å². The van der Waals surface area contributed by atoms with Crippen molar-refractivity contribution in [2.24, 2.45) is 7.05 Å². The van der Waals surface area contributed by atoms with Crippen LogP contribution in [0.25, 0.3) is 0 Å². The van der Waals surface area contributed by atoms with E-state index in [1.807, 2.05) is 29.7 Å². The zero-order valence-corrected chi connectivity index (χ0v) is 11.3. The van der Waals surface area contributed by atoms with Crippen LogP contribution in [0.1, 0.15) is 17.3 Å². The van der Waals surface area contributed by atoms with Gasteiger partial charge in [-0.25, -0.2) is 0 Å². The van der Waals surface area contributed by atoms with Crippen molar-refractivity contribution in [3.05, 3.63) is 47.8 Å². The molecule has 1 atom stereocenters. The molecule has 2 aromatic rings. The van der Waals surface area contributed by atoms with Gasteiger partial charge in [-0.1, -0.05) is 18.2 Å². The number of rotatable bonds is 4. The lowest BCUT2D eigenvalue weighted by Gasteiger charge is -2.12. The van der Waals surface area contributed by atoms with Crippen molar-refractivity contribution in [2.75, 3.05) is 12.3 Å². The smallest absolute Gasteiger partial charge is 0.0637 e. The van der Waals surface area contributed by atoms with Crippen molar-refractivity contribution < 1.29 is 0 Å². The van der Waals surface area contributed by atoms with E-state index in [4.69, 9.17) is 0 Å². The Hall–Kier alpha value is -1.26. The maximum atomic E-state index is 4.39. The number of nitrogens with zero attached hydrogens (tertiary/aromatic N) is 2. The highest BCUT2D eigenvalue weighted by molar-refractivity contribution is 7.99. The molecule has 0 aliphatic carbocycles. The van der Waals surface area contributed by atoms with Crippen LogP contribution < -0.4 is 5.32 Å². The molecule has 0 radical (unpaired) electrons. The van der Waals surface area contributed by atoms with E-state index in [-0.39, 0.29) is 0 Å². The summed E-state index contributed by atoms with van der Waals surface area (Å²) in [7, 11) is 1.96. The van der Waals surface area contributed by atoms with Crippen LogP contribution in [-0.4, -0.2) is 22.1 Å². The first-order valence-electron chi connectivity index (χ1n) is 6.26. The quantitative estimate of drug-likeness (QED) is 0.914. The third-order valence-electron chi connectivity index (χ3n) is 3.24. The molecule has 4 heteroatoms. The zero-order chi connectivity index (χ0) is 12.4. The molecule has 2 heterocycles. The SMILES string of the molecule is Cn1ccc(CCNC2CSc3ccccc32)n1. The summed E-state index contributed by atoms with van der Waals surface area (Å²) in [5.41, 5.74) is 2.60. The Morgan fingerprint density at radius 1 is 1.39 bits per heavy atom. The first-order chi connectivity index (χ1) is 8.83. The normalized spacial score (nSPS) is 17.9. The molecule has 1 aromatic carbocycles. The monoisotopic (exact) mass is 259 g/mol. The van der Waals surface area contributed by atoms with Crippen molar-refractivity contribution in [3.8, 4) is 0 Å². The molecular formula is C14H17N3S. The van der Waals surface area contributed by atoms with Crippen LogP contribution in [0, 0.1) is 0 Å². The van der Waals surface area contributed by atoms with Crippen LogP contribution >= 0.6 is 11.8 Å². The fourth-order valence-electron chi connectivity index (χ4n) is 2.30. The highest BCUT2D eigenvalue weighted by Crippen LogP contribution is 2.37. The molecule has 94 valence electrons. The van der Waals surface area contributed by atoms with Crippen LogP contribution in [0.3, 0.4) is 0 Å². The Balaban J connectivity index is 1.56. The lowest BCUT2D eigenvalue weighted by molar-refractivity contribution is 0.579. The van der Waals surface area contributed by atoms with Crippen LogP contribution in [0.15, 0.2) is 41.4 Å². The van der Waals surface area contributed by atoms with E-state index in [1.54, 1.807) is 0 Å². The molecule has 0 bridgehead atoms. The number of hydrogen-bond acceptors (Lipinski definition) is 3. The molecule has 1 aromatic heterocycles. The van der Waals surface area contributed by atoms with Crippen LogP contribution in [0.2, 0.25) is 0 Å². The molecule has 0 saturated heterocycles. The molecule has 3 nitrogen and oxygen atoms in total. The Morgan fingerprint density at radius 2 is 2.28 bits per heavy atom. The average Bonchev–Trinajstić information content (AvgIpc) is 2.97. The lowest BCUT2D eigenvalue weighted by atomic mass is 10.1. The van der Waals surface area contributed by atoms with Gasteiger partial charge in [0.2, 0.25) is 0 Å². The fourth-order valence-corrected chi connectivity index (χ4v) is 3.50. The van der Waals surface area contributed by atoms with Gasteiger partial charge in [0.15, 0.2) is 0 Å². The first-order valence-corrected chi connectivity index (χ1v) is 7.25. The van der Waals surface area contributed by atoms with E-state index in [1.165, 1.54) is 10.5 Å². The van der Waals surface area contributed by atoms with Gasteiger partial charge in [0.25, 0.3) is 0 Å². The van der Waals surface area contributed by atoms with Crippen molar-refractivity contribution in [1.29, 1.82) is 0 Å². The molecule has 1 N–H and O–H groups in total. The van der Waals surface area contributed by atoms with E-state index in [9.17, 15) is 0 Å². The number of thioether (sulfide) groups is 1. The largest absolute Gasteiger partial charge is 0.309 e. The Labute approximate surface area is 112 Å². The Bertz CT molecular complexity index is 535. The standard InChI is InChI=1S/C14H17N3S/c1-17-9-7-11(16-17)6-8-15-13-10-18-14-5-3-2-4-12(13)14/h2-5,7,9,13,15H,6,8,10H2,1H3. The minimum atomic E-state index is 0.495. The fraction of sp³-hybridized carbons (Fsp3) is 0.357. The van der Waals surface area contributed by atoms with Crippen molar-refractivity contribution in [3.63, 3.8) is 0 Å². The predicted molar refractivity (Wildman–Crippen MR) is 74.8 cm³/mol. The number of nitrogens with one attached hydrogen (secondary N) is 1. The second-order valence-corrected chi connectivity index (χ2v) is 5.65. The summed E-state index contributed by atoms with van der Waals surface area (Å²) >= 11 is 1.94. The van der Waals surface area contributed by atoms with Gasteiger partial charge in [0.05, 0.1) is 5.69 Å². The summed E-state index contributed by atoms with van der Waals surface area (Å²) in [5, 5.41) is 8.02. The molecule has 0 saturated carbocycles. The summed E-state index contributed by atoms with van der Waals surface area (Å²) in [6, 6.07) is 11.3. The summed E-state index contributed by atoms with van der Waals surface area (Å²) in [6.07, 6.45) is 2.99. The van der Waals surface area contributed by atoms with E-state index < -0.39 is 0 Å². The third kappa shape index (κ3) is 2.44. The Kier molecular flexibility index (Phi) is 3.39. The van der Waals surface area contributed by atoms with E-state index in [0.717, 1.165) is 24.4 Å². The number of aromatic nitrogens is 2. The van der Waals surface area contributed by atoms with E-state index in [2.05, 4.69) is 40.7 Å². The molecule has 0 spiro atoms. The van der Waals surface area contributed by atoms with Gasteiger partial charge < -0.3 is 5.32 Å². The lowest BCUT2D eigenvalue weighted by Crippen LogP contribution is -2.23. The average molecular weight is 259 g/mol. The zero-order valence-electron chi connectivity index (χ0n) is 10.5. The number of aryl methyl sites for hydroxylation is 1. The minimum Gasteiger partial charge on any atom is -0.309 e. The molecule has 0 fully saturated rings. The maximum absolute atomic E-state index is 4.39. The van der Waals surface area contributed by atoms with Crippen LogP contribution in [-0.2, 0) is 13.5 Å². The van der Waals surface area contributed by atoms with Gasteiger partial charge in [-0.15, -0.1) is 11.8 Å². The predicted octanol–water partition coefficient (Wildman–Crippen LogP) is 2.40. The number of fused-ring (bicyclic) bond motifs is 1. The second-order valence-electron chi connectivity index (χ2n) is 4.59. The molecule has 1 aliphatic rings. The van der Waals surface area contributed by atoms with Crippen LogP contribution in [0.5, 0.6) is 0 Å². The molecule has 1 unspecified atom stereocenters. The van der Waals surface area contributed by atoms with Gasteiger partial charge in [0, 0.05) is 42.9 Å². The molecular weight excluding hydrogens is 242 g/mol. The van der Waals surface area contributed by atoms with Crippen molar-refractivity contribution >= 4 is 11.8 Å². The van der Waals surface area contributed by atoms with Gasteiger partial charge in [-0.3, -0.25) is 4.68 Å². The molecule has 18 heavy (non-hydrogen) atoms. The van der Waals surface area contributed by atoms with Crippen molar-refractivity contribution in [2.45, 2.75) is 17.4 Å². The molecule has 3 rings (SSSR count). The Morgan fingerprint density at radius 3 is 3.11 bits per heavy atom. The topological polar surface area (TPSA) is 29.9 Å². The summed E-state index contributed by atoms with van der Waals surface area (Å²) < 4.78 is 1.86. The third-order valence-corrected chi connectivity index (χ3v) is 4.42. The molecule has 1 aliphatic heterocycles. The summed E-state index contributed by atoms with van der Waals surface area (Å²) in [5.74, 6) is 1.14. The van der Waals surface area contributed by atoms with E-state index >= 15 is 0 Å². The number of benzene rings is 1. The second kappa shape index (κ2) is 5.16. The van der Waals surface area contributed by atoms with Gasteiger partial charge >= 0.3 is 0 Å². The number of hydrogen-bond donors (Lipinski definition) is 1. The maximum Gasteiger partial charge on any atom is 0.0637 e. The van der Waals surface area contributed by atoms with Gasteiger partial charge in [0.1, 0.15) is 0 Å². The minimum absolute atomic E-state index is 0.495. The van der Waals surface area contributed by atoms with Crippen molar-refractivity contribution in [1.82, 2.24) is 15.1 Å². The summed E-state index contributed by atoms with van der Waals surface area (Å²) in [4.78, 5) is 1.42. The summed E-state index contributed by atoms with van der Waals surface area (Å²) in [6.45, 7) is 0.983. The highest BCUT2D eigenvalue weighted by atomic mass is 32.2. The highest BCUT2D eigenvalue weighted by Gasteiger charge is 2.21.